The monoisotopic (exact) mass is 568 g/mol. The molecule has 0 spiro atoms. The molecule has 1 aliphatic heterocycles. The number of carbonyl (C=O) groups is 1. The van der Waals surface area contributed by atoms with Crippen LogP contribution in [-0.2, 0) is 14.8 Å². The normalized spacial score (nSPS) is 15.4. The number of hydrogen-bond donors (Lipinski definition) is 0. The summed E-state index contributed by atoms with van der Waals surface area (Å²) in [5.41, 5.74) is 0.612. The molecular weight excluding hydrogens is 539 g/mol. The molecule has 1 aromatic heterocycles. The molecule has 0 unspecified atom stereocenters. The van der Waals surface area contributed by atoms with Gasteiger partial charge in [-0.2, -0.15) is 4.31 Å². The minimum absolute atomic E-state index is 0.0456. The third-order valence-electron chi connectivity index (χ3n) is 6.41. The summed E-state index contributed by atoms with van der Waals surface area (Å²) in [6.45, 7) is 1.69. The predicted molar refractivity (Wildman–Crippen MR) is 145 cm³/mol. The zero-order chi connectivity index (χ0) is 26.7. The quantitative estimate of drug-likeness (QED) is 0.378. The number of benzene rings is 2. The van der Waals surface area contributed by atoms with Crippen molar-refractivity contribution in [1.29, 1.82) is 0 Å². The van der Waals surface area contributed by atoms with Crippen LogP contribution in [0.15, 0.2) is 41.3 Å². The van der Waals surface area contributed by atoms with Crippen molar-refractivity contribution in [3.8, 4) is 5.75 Å². The van der Waals surface area contributed by atoms with Gasteiger partial charge < -0.3 is 9.64 Å². The molecule has 2 aromatic carbocycles. The fraction of sp³-hybridized carbons (Fsp3) is 0.440. The van der Waals surface area contributed by atoms with Gasteiger partial charge in [0.05, 0.1) is 21.7 Å². The SMILES string of the molecule is COc1ccc(Cl)c2sc(N(CCCN(C)C)C(=O)C3CCN(S(=O)(=O)c4ccc(F)cc4)CC3)nc12. The summed E-state index contributed by atoms with van der Waals surface area (Å²) in [5, 5.41) is 1.09. The zero-order valence-corrected chi connectivity index (χ0v) is 23.4. The fourth-order valence-electron chi connectivity index (χ4n) is 4.39. The summed E-state index contributed by atoms with van der Waals surface area (Å²) in [5.74, 6) is -0.330. The first kappa shape index (κ1) is 27.7. The summed E-state index contributed by atoms with van der Waals surface area (Å²) in [4.78, 5) is 22.3. The number of carbonyl (C=O) groups excluding carboxylic acids is 1. The van der Waals surface area contributed by atoms with Crippen LogP contribution in [0.25, 0.3) is 10.2 Å². The van der Waals surface area contributed by atoms with Crippen LogP contribution in [0.5, 0.6) is 5.75 Å². The Morgan fingerprint density at radius 3 is 2.46 bits per heavy atom. The molecule has 37 heavy (non-hydrogen) atoms. The molecule has 200 valence electrons. The molecule has 1 aliphatic rings. The highest BCUT2D eigenvalue weighted by atomic mass is 35.5. The Morgan fingerprint density at radius 1 is 1.16 bits per heavy atom. The van der Waals surface area contributed by atoms with E-state index in [4.69, 9.17) is 21.3 Å². The van der Waals surface area contributed by atoms with Gasteiger partial charge in [-0.1, -0.05) is 22.9 Å². The predicted octanol–water partition coefficient (Wildman–Crippen LogP) is 4.48. The third kappa shape index (κ3) is 6.06. The molecule has 1 saturated heterocycles. The van der Waals surface area contributed by atoms with Crippen LogP contribution in [0.1, 0.15) is 19.3 Å². The molecule has 0 radical (unpaired) electrons. The average Bonchev–Trinajstić information content (AvgIpc) is 3.33. The van der Waals surface area contributed by atoms with Crippen LogP contribution < -0.4 is 9.64 Å². The van der Waals surface area contributed by atoms with Gasteiger partial charge in [0, 0.05) is 25.6 Å². The van der Waals surface area contributed by atoms with E-state index in [0.717, 1.165) is 29.8 Å². The lowest BCUT2D eigenvalue weighted by Crippen LogP contribution is -2.45. The van der Waals surface area contributed by atoms with Gasteiger partial charge in [0.1, 0.15) is 17.1 Å². The van der Waals surface area contributed by atoms with Gasteiger partial charge in [-0.15, -0.1) is 0 Å². The second kappa shape index (κ2) is 11.6. The van der Waals surface area contributed by atoms with Crippen molar-refractivity contribution >= 4 is 54.2 Å². The minimum Gasteiger partial charge on any atom is -0.494 e. The molecule has 0 saturated carbocycles. The molecule has 2 heterocycles. The lowest BCUT2D eigenvalue weighted by atomic mass is 9.96. The highest BCUT2D eigenvalue weighted by Gasteiger charge is 2.35. The second-order valence-electron chi connectivity index (χ2n) is 9.20. The van der Waals surface area contributed by atoms with Gasteiger partial charge in [0.2, 0.25) is 15.9 Å². The molecule has 0 atom stereocenters. The number of anilines is 1. The molecule has 0 aliphatic carbocycles. The maximum atomic E-state index is 13.8. The van der Waals surface area contributed by atoms with E-state index in [1.54, 1.807) is 24.1 Å². The van der Waals surface area contributed by atoms with Gasteiger partial charge in [0.25, 0.3) is 0 Å². The number of halogens is 2. The number of fused-ring (bicyclic) bond motifs is 1. The smallest absolute Gasteiger partial charge is 0.243 e. The van der Waals surface area contributed by atoms with E-state index in [2.05, 4.69) is 4.90 Å². The van der Waals surface area contributed by atoms with Crippen molar-refractivity contribution in [2.75, 3.05) is 52.3 Å². The first-order valence-corrected chi connectivity index (χ1v) is 14.6. The van der Waals surface area contributed by atoms with Crippen molar-refractivity contribution in [2.24, 2.45) is 5.92 Å². The molecular formula is C25H30ClFN4O4S2. The molecule has 8 nitrogen and oxygen atoms in total. The number of ether oxygens (including phenoxy) is 1. The topological polar surface area (TPSA) is 83.0 Å². The van der Waals surface area contributed by atoms with Crippen LogP contribution in [0.3, 0.4) is 0 Å². The molecule has 4 rings (SSSR count). The van der Waals surface area contributed by atoms with Gasteiger partial charge in [-0.25, -0.2) is 17.8 Å². The molecule has 0 bridgehead atoms. The first-order chi connectivity index (χ1) is 17.6. The number of thiazole rings is 1. The van der Waals surface area contributed by atoms with Crippen molar-refractivity contribution in [3.63, 3.8) is 0 Å². The van der Waals surface area contributed by atoms with Crippen molar-refractivity contribution in [1.82, 2.24) is 14.2 Å². The van der Waals surface area contributed by atoms with Crippen molar-refractivity contribution in [3.05, 3.63) is 47.2 Å². The van der Waals surface area contributed by atoms with Crippen molar-refractivity contribution in [2.45, 2.75) is 24.2 Å². The molecule has 1 amide bonds. The fourth-order valence-corrected chi connectivity index (χ4v) is 7.14. The Bertz CT molecular complexity index is 1360. The van der Waals surface area contributed by atoms with E-state index >= 15 is 0 Å². The lowest BCUT2D eigenvalue weighted by molar-refractivity contribution is -0.123. The van der Waals surface area contributed by atoms with E-state index in [1.807, 2.05) is 14.1 Å². The maximum absolute atomic E-state index is 13.8. The number of piperidine rings is 1. The van der Waals surface area contributed by atoms with Crippen LogP contribution >= 0.6 is 22.9 Å². The number of sulfonamides is 1. The van der Waals surface area contributed by atoms with E-state index in [0.29, 0.717) is 40.8 Å². The van der Waals surface area contributed by atoms with Gasteiger partial charge in [-0.05, 0) is 76.3 Å². The van der Waals surface area contributed by atoms with E-state index < -0.39 is 15.8 Å². The Labute approximate surface area is 225 Å². The Morgan fingerprint density at radius 2 is 1.84 bits per heavy atom. The largest absolute Gasteiger partial charge is 0.494 e. The number of methoxy groups -OCH3 is 1. The summed E-state index contributed by atoms with van der Waals surface area (Å²) in [6, 6.07) is 8.30. The van der Waals surface area contributed by atoms with Crippen LogP contribution in [0, 0.1) is 11.7 Å². The third-order valence-corrected chi connectivity index (χ3v) is 9.86. The molecule has 3 aromatic rings. The van der Waals surface area contributed by atoms with Gasteiger partial charge in [0.15, 0.2) is 5.13 Å². The van der Waals surface area contributed by atoms with Crippen LogP contribution in [0.4, 0.5) is 9.52 Å². The second-order valence-corrected chi connectivity index (χ2v) is 12.5. The zero-order valence-electron chi connectivity index (χ0n) is 21.0. The van der Waals surface area contributed by atoms with E-state index in [1.165, 1.54) is 27.8 Å². The first-order valence-electron chi connectivity index (χ1n) is 12.0. The van der Waals surface area contributed by atoms with Crippen LogP contribution in [0.2, 0.25) is 5.02 Å². The Hall–Kier alpha value is -2.31. The average molecular weight is 569 g/mol. The minimum atomic E-state index is -3.76. The Kier molecular flexibility index (Phi) is 8.70. The summed E-state index contributed by atoms with van der Waals surface area (Å²) >= 11 is 7.77. The molecule has 1 fully saturated rings. The number of hydrogen-bond acceptors (Lipinski definition) is 7. The van der Waals surface area contributed by atoms with Crippen molar-refractivity contribution < 1.29 is 22.3 Å². The van der Waals surface area contributed by atoms with Crippen LogP contribution in [-0.4, -0.2) is 75.9 Å². The number of aromatic nitrogens is 1. The lowest BCUT2D eigenvalue weighted by Gasteiger charge is -2.33. The highest BCUT2D eigenvalue weighted by Crippen LogP contribution is 2.39. The molecule has 0 N–H and O–H groups in total. The summed E-state index contributed by atoms with van der Waals surface area (Å²) in [6.07, 6.45) is 1.52. The maximum Gasteiger partial charge on any atom is 0.243 e. The van der Waals surface area contributed by atoms with E-state index in [9.17, 15) is 17.6 Å². The number of nitrogens with zero attached hydrogens (tertiary/aromatic N) is 4. The molecule has 12 heteroatoms. The standard InChI is InChI=1S/C25H30ClFN4O4S2/c1-29(2)13-4-14-31(25-28-22-21(35-3)10-9-20(26)23(22)36-25)24(32)17-11-15-30(16-12-17)37(33,34)19-7-5-18(27)6-8-19/h5-10,17H,4,11-16H2,1-3H3. The van der Waals surface area contributed by atoms with E-state index in [-0.39, 0.29) is 29.8 Å². The summed E-state index contributed by atoms with van der Waals surface area (Å²) < 4.78 is 46.8. The number of amides is 1. The number of rotatable bonds is 9. The highest BCUT2D eigenvalue weighted by molar-refractivity contribution is 7.89. The summed E-state index contributed by atoms with van der Waals surface area (Å²) in [7, 11) is 1.76. The van der Waals surface area contributed by atoms with Gasteiger partial charge in [-0.3, -0.25) is 9.69 Å². The Balaban J connectivity index is 1.54. The van der Waals surface area contributed by atoms with Gasteiger partial charge >= 0.3 is 0 Å².